The van der Waals surface area contributed by atoms with Crippen LogP contribution in [0.4, 0.5) is 0 Å². The summed E-state index contributed by atoms with van der Waals surface area (Å²) in [6, 6.07) is 6.98. The van der Waals surface area contributed by atoms with Gasteiger partial charge in [-0.2, -0.15) is 0 Å². The van der Waals surface area contributed by atoms with E-state index >= 15 is 0 Å². The zero-order valence-corrected chi connectivity index (χ0v) is 28.9. The lowest BCUT2D eigenvalue weighted by Gasteiger charge is -2.58. The third kappa shape index (κ3) is 6.23. The van der Waals surface area contributed by atoms with Crippen molar-refractivity contribution in [3.05, 3.63) is 41.0 Å². The van der Waals surface area contributed by atoms with Crippen molar-refractivity contribution in [2.24, 2.45) is 28.6 Å². The van der Waals surface area contributed by atoms with E-state index in [2.05, 4.69) is 61.8 Å². The maximum absolute atomic E-state index is 12.5. The fourth-order valence-corrected chi connectivity index (χ4v) is 10.3. The van der Waals surface area contributed by atoms with E-state index in [0.29, 0.717) is 23.9 Å². The van der Waals surface area contributed by atoms with E-state index in [1.807, 2.05) is 6.07 Å². The number of esters is 1. The van der Waals surface area contributed by atoms with Crippen LogP contribution in [0.15, 0.2) is 35.4 Å². The van der Waals surface area contributed by atoms with Gasteiger partial charge >= 0.3 is 5.97 Å². The van der Waals surface area contributed by atoms with E-state index in [4.69, 9.17) is 14.2 Å². The summed E-state index contributed by atoms with van der Waals surface area (Å²) in [6.45, 7) is 17.1. The molecule has 1 aromatic rings. The normalized spacial score (nSPS) is 35.5. The summed E-state index contributed by atoms with van der Waals surface area (Å²) in [5.41, 5.74) is 4.37. The number of likely N-dealkylation sites (tertiary alicyclic amines) is 1. The van der Waals surface area contributed by atoms with Crippen LogP contribution in [-0.2, 0) is 9.53 Å². The highest BCUT2D eigenvalue weighted by Gasteiger charge is 2.61. The van der Waals surface area contributed by atoms with E-state index in [9.17, 15) is 4.79 Å². The third-order valence-corrected chi connectivity index (χ3v) is 12.9. The lowest BCUT2D eigenvalue weighted by atomic mass is 9.48. The molecule has 248 valence electrons. The van der Waals surface area contributed by atoms with E-state index in [1.165, 1.54) is 63.6 Å². The Bertz CT molecular complexity index is 1280. The molecule has 45 heavy (non-hydrogen) atoms. The fraction of sp³-hybridized carbons (Fsp3) is 0.718. The first-order valence-corrected chi connectivity index (χ1v) is 18.0. The molecule has 5 aliphatic rings. The average Bonchev–Trinajstić information content (AvgIpc) is 3.66. The smallest absolute Gasteiger partial charge is 0.303 e. The number of carbonyl (C=O) groups excluding carboxylic acids is 1. The van der Waals surface area contributed by atoms with Gasteiger partial charge in [0.15, 0.2) is 11.5 Å². The summed E-state index contributed by atoms with van der Waals surface area (Å²) in [5, 5.41) is 0. The van der Waals surface area contributed by atoms with Gasteiger partial charge in [-0.05, 0) is 130 Å². The summed E-state index contributed by atoms with van der Waals surface area (Å²) in [5.74, 6) is 3.22. The molecule has 0 N–H and O–H groups in total. The van der Waals surface area contributed by atoms with Gasteiger partial charge in [-0.15, -0.1) is 0 Å². The number of likely N-dealkylation sites (N-methyl/N-ethyl adjacent to an activating group) is 1. The van der Waals surface area contributed by atoms with Crippen LogP contribution in [-0.4, -0.2) is 74.4 Å². The molecule has 7 atom stereocenters. The SMILES string of the molecule is CCN(CC)CCOc1ccc(/C=C2\CC3C4CC=C5C[C@@H](N6CCCC6)CC[C@]5(C)C4CC[C@]3(C)[C@H]2OC(C)=O)cc1OC. The van der Waals surface area contributed by atoms with Crippen molar-refractivity contribution in [3.8, 4) is 11.5 Å². The van der Waals surface area contributed by atoms with E-state index < -0.39 is 0 Å². The number of hydrogen-bond acceptors (Lipinski definition) is 6. The lowest BCUT2D eigenvalue weighted by Crippen LogP contribution is -2.52. The summed E-state index contributed by atoms with van der Waals surface area (Å²) in [7, 11) is 1.71. The third-order valence-electron chi connectivity index (χ3n) is 12.9. The Morgan fingerprint density at radius 1 is 1.04 bits per heavy atom. The number of nitrogens with zero attached hydrogens (tertiary/aromatic N) is 2. The van der Waals surface area contributed by atoms with Gasteiger partial charge in [-0.3, -0.25) is 4.79 Å². The minimum atomic E-state index is -0.180. The second kappa shape index (κ2) is 13.4. The maximum Gasteiger partial charge on any atom is 0.303 e. The molecule has 0 amide bonds. The Balaban J connectivity index is 1.23. The Morgan fingerprint density at radius 2 is 1.82 bits per heavy atom. The highest BCUT2D eigenvalue weighted by molar-refractivity contribution is 5.68. The molecule has 4 aliphatic carbocycles. The Morgan fingerprint density at radius 3 is 2.53 bits per heavy atom. The van der Waals surface area contributed by atoms with Crippen LogP contribution >= 0.6 is 0 Å². The molecule has 6 nitrogen and oxygen atoms in total. The first-order valence-electron chi connectivity index (χ1n) is 18.0. The number of benzene rings is 1. The molecule has 3 unspecified atom stereocenters. The second-order valence-corrected chi connectivity index (χ2v) is 15.1. The lowest BCUT2D eigenvalue weighted by molar-refractivity contribution is -0.154. The molecule has 3 saturated carbocycles. The van der Waals surface area contributed by atoms with Gasteiger partial charge in [0.2, 0.25) is 0 Å². The number of allylic oxidation sites excluding steroid dienone is 1. The first-order chi connectivity index (χ1) is 21.7. The van der Waals surface area contributed by atoms with Crippen LogP contribution in [0.3, 0.4) is 0 Å². The number of methoxy groups -OCH3 is 1. The van der Waals surface area contributed by atoms with Crippen molar-refractivity contribution < 1.29 is 19.0 Å². The zero-order chi connectivity index (χ0) is 31.8. The molecule has 1 heterocycles. The highest BCUT2D eigenvalue weighted by atomic mass is 16.5. The van der Waals surface area contributed by atoms with Crippen molar-refractivity contribution in [2.75, 3.05) is 46.4 Å². The summed E-state index contributed by atoms with van der Waals surface area (Å²) >= 11 is 0. The number of ether oxygens (including phenoxy) is 3. The predicted molar refractivity (Wildman–Crippen MR) is 181 cm³/mol. The van der Waals surface area contributed by atoms with Gasteiger partial charge in [0.25, 0.3) is 0 Å². The van der Waals surface area contributed by atoms with Crippen molar-refractivity contribution in [2.45, 2.75) is 105 Å². The molecule has 0 radical (unpaired) electrons. The second-order valence-electron chi connectivity index (χ2n) is 15.1. The van der Waals surface area contributed by atoms with Gasteiger partial charge in [-0.25, -0.2) is 0 Å². The van der Waals surface area contributed by atoms with Crippen LogP contribution < -0.4 is 9.47 Å². The Kier molecular flexibility index (Phi) is 9.74. The quantitative estimate of drug-likeness (QED) is 0.197. The maximum atomic E-state index is 12.5. The van der Waals surface area contributed by atoms with Gasteiger partial charge in [0.05, 0.1) is 7.11 Å². The zero-order valence-electron chi connectivity index (χ0n) is 28.9. The van der Waals surface area contributed by atoms with Crippen molar-refractivity contribution in [1.29, 1.82) is 0 Å². The van der Waals surface area contributed by atoms with Gasteiger partial charge in [-0.1, -0.05) is 51.5 Å². The molecule has 1 saturated heterocycles. The molecule has 4 fully saturated rings. The van der Waals surface area contributed by atoms with Crippen molar-refractivity contribution in [3.63, 3.8) is 0 Å². The minimum Gasteiger partial charge on any atom is -0.493 e. The Hall–Kier alpha value is -2.31. The Labute approximate surface area is 272 Å². The van der Waals surface area contributed by atoms with Crippen LogP contribution in [0.5, 0.6) is 11.5 Å². The van der Waals surface area contributed by atoms with Crippen LogP contribution in [0, 0.1) is 28.6 Å². The number of carbonyl (C=O) groups is 1. The van der Waals surface area contributed by atoms with Crippen molar-refractivity contribution >= 4 is 12.0 Å². The van der Waals surface area contributed by atoms with Gasteiger partial charge in [0.1, 0.15) is 12.7 Å². The summed E-state index contributed by atoms with van der Waals surface area (Å²) < 4.78 is 18.2. The van der Waals surface area contributed by atoms with Crippen LogP contribution in [0.1, 0.15) is 98.0 Å². The average molecular weight is 619 g/mol. The number of fused-ring (bicyclic) bond motifs is 5. The summed E-state index contributed by atoms with van der Waals surface area (Å²) in [4.78, 5) is 17.6. The molecule has 6 rings (SSSR count). The predicted octanol–water partition coefficient (Wildman–Crippen LogP) is 7.77. The molecule has 1 aliphatic heterocycles. The van der Waals surface area contributed by atoms with Gasteiger partial charge < -0.3 is 24.0 Å². The molecule has 0 spiro atoms. The first kappa shape index (κ1) is 32.6. The number of rotatable bonds is 10. The van der Waals surface area contributed by atoms with Gasteiger partial charge in [0, 0.05) is 24.9 Å². The number of hydrogen-bond donors (Lipinski definition) is 0. The minimum absolute atomic E-state index is 0.0370. The molecule has 0 aromatic heterocycles. The largest absolute Gasteiger partial charge is 0.493 e. The molecular weight excluding hydrogens is 560 g/mol. The van der Waals surface area contributed by atoms with Crippen LogP contribution in [0.25, 0.3) is 6.08 Å². The fourth-order valence-electron chi connectivity index (χ4n) is 10.3. The molecular formula is C39H58N2O4. The molecule has 0 bridgehead atoms. The highest BCUT2D eigenvalue weighted by Crippen LogP contribution is 2.66. The van der Waals surface area contributed by atoms with Crippen LogP contribution in [0.2, 0.25) is 0 Å². The topological polar surface area (TPSA) is 51.2 Å². The van der Waals surface area contributed by atoms with E-state index in [-0.39, 0.29) is 17.5 Å². The monoisotopic (exact) mass is 618 g/mol. The van der Waals surface area contributed by atoms with E-state index in [1.54, 1.807) is 19.6 Å². The standard InChI is InChI=1S/C39H58N2O4/c1-7-40(8-2)21-22-44-35-14-11-28(24-36(35)43-6)23-29-25-34-32-13-12-30-26-31(41-19-9-10-20-41)15-17-38(30,4)33(32)16-18-39(34,5)37(29)45-27(3)42/h11-12,14,23-24,31-34,37H,7-10,13,15-22,25-26H2,1-6H3/b29-23+/t31-,32?,33?,34?,37-,38-,39-/m0/s1. The molecule has 6 heteroatoms. The summed E-state index contributed by atoms with van der Waals surface area (Å²) in [6.07, 6.45) is 16.0. The van der Waals surface area contributed by atoms with Crippen molar-refractivity contribution in [1.82, 2.24) is 9.80 Å². The van der Waals surface area contributed by atoms with E-state index in [0.717, 1.165) is 61.5 Å². The molecule has 1 aromatic carbocycles.